The smallest absolute Gasteiger partial charge is 0.194 e. The minimum atomic E-state index is 0.208. The molecule has 0 N–H and O–H groups in total. The van der Waals surface area contributed by atoms with Crippen LogP contribution < -0.4 is 0 Å². The van der Waals surface area contributed by atoms with Crippen molar-refractivity contribution in [1.82, 2.24) is 15.0 Å². The third kappa shape index (κ3) is 1.87. The summed E-state index contributed by atoms with van der Waals surface area (Å²) in [5.74, 6) is 0.533. The van der Waals surface area contributed by atoms with E-state index in [9.17, 15) is 0 Å². The van der Waals surface area contributed by atoms with E-state index in [0.29, 0.717) is 16.5 Å². The maximum Gasteiger partial charge on any atom is 0.194 e. The van der Waals surface area contributed by atoms with Gasteiger partial charge in [-0.1, -0.05) is 22.9 Å². The van der Waals surface area contributed by atoms with E-state index in [1.807, 2.05) is 25.1 Å². The molecular weight excluding hydrogens is 276 g/mol. The van der Waals surface area contributed by atoms with Crippen molar-refractivity contribution >= 4 is 11.6 Å². The lowest BCUT2D eigenvalue weighted by molar-refractivity contribution is 0.576. The van der Waals surface area contributed by atoms with E-state index in [1.165, 1.54) is 0 Å². The summed E-state index contributed by atoms with van der Waals surface area (Å²) in [7, 11) is 0. The predicted octanol–water partition coefficient (Wildman–Crippen LogP) is 3.36. The molecule has 0 spiro atoms. The van der Waals surface area contributed by atoms with Crippen LogP contribution in [-0.4, -0.2) is 15.0 Å². The van der Waals surface area contributed by atoms with E-state index in [2.05, 4.69) is 10.3 Å². The molecule has 0 radical (unpaired) electrons. The zero-order valence-corrected chi connectivity index (χ0v) is 11.3. The average molecular weight is 285 g/mol. The number of furan rings is 1. The van der Waals surface area contributed by atoms with Gasteiger partial charge in [0.25, 0.3) is 0 Å². The highest BCUT2D eigenvalue weighted by atomic mass is 35.5. The fraction of sp³-hybridized carbons (Fsp3) is 0.0714. The van der Waals surface area contributed by atoms with Gasteiger partial charge in [0.1, 0.15) is 11.8 Å². The van der Waals surface area contributed by atoms with Gasteiger partial charge in [-0.2, -0.15) is 5.26 Å². The second-order valence-electron chi connectivity index (χ2n) is 4.17. The van der Waals surface area contributed by atoms with Crippen molar-refractivity contribution in [3.8, 4) is 23.2 Å². The fourth-order valence-corrected chi connectivity index (χ4v) is 2.16. The lowest BCUT2D eigenvalue weighted by Gasteiger charge is -2.09. The van der Waals surface area contributed by atoms with Crippen LogP contribution in [0.15, 0.2) is 41.0 Å². The largest absolute Gasteiger partial charge is 0.463 e. The van der Waals surface area contributed by atoms with Crippen LogP contribution in [-0.2, 0) is 0 Å². The van der Waals surface area contributed by atoms with Gasteiger partial charge in [0.2, 0.25) is 0 Å². The monoisotopic (exact) mass is 284 g/mol. The molecule has 0 aliphatic heterocycles. The number of hydrogen-bond acceptors (Lipinski definition) is 4. The van der Waals surface area contributed by atoms with Crippen LogP contribution in [0.25, 0.3) is 17.1 Å². The van der Waals surface area contributed by atoms with Gasteiger partial charge < -0.3 is 4.42 Å². The molecule has 1 aromatic carbocycles. The first-order chi connectivity index (χ1) is 9.72. The molecule has 0 amide bonds. The summed E-state index contributed by atoms with van der Waals surface area (Å²) in [6, 6.07) is 11.0. The van der Waals surface area contributed by atoms with Gasteiger partial charge in [0.15, 0.2) is 11.5 Å². The number of aromatic nitrogens is 3. The highest BCUT2D eigenvalue weighted by Gasteiger charge is 2.19. The summed E-state index contributed by atoms with van der Waals surface area (Å²) < 4.78 is 6.94. The van der Waals surface area contributed by atoms with Crippen molar-refractivity contribution in [2.45, 2.75) is 6.92 Å². The third-order valence-electron chi connectivity index (χ3n) is 3.00. The Balaban J connectivity index is 2.29. The fourth-order valence-electron chi connectivity index (χ4n) is 1.99. The van der Waals surface area contributed by atoms with Crippen LogP contribution in [0.1, 0.15) is 11.3 Å². The van der Waals surface area contributed by atoms with Gasteiger partial charge in [0.05, 0.1) is 12.0 Å². The molecule has 0 saturated carbocycles. The van der Waals surface area contributed by atoms with Gasteiger partial charge in [-0.05, 0) is 36.8 Å². The van der Waals surface area contributed by atoms with Gasteiger partial charge in [-0.15, -0.1) is 5.10 Å². The number of nitriles is 1. The van der Waals surface area contributed by atoms with Crippen molar-refractivity contribution in [3.63, 3.8) is 0 Å². The van der Waals surface area contributed by atoms with Crippen LogP contribution in [0, 0.1) is 18.3 Å². The summed E-state index contributed by atoms with van der Waals surface area (Å²) in [5, 5.41) is 17.7. The highest BCUT2D eigenvalue weighted by Crippen LogP contribution is 2.28. The summed E-state index contributed by atoms with van der Waals surface area (Å²) in [6.07, 6.45) is 1.54. The predicted molar refractivity (Wildman–Crippen MR) is 73.5 cm³/mol. The molecule has 5 nitrogen and oxygen atoms in total. The Kier molecular flexibility index (Phi) is 3.01. The van der Waals surface area contributed by atoms with Gasteiger partial charge in [-0.3, -0.25) is 0 Å². The van der Waals surface area contributed by atoms with E-state index in [0.717, 1.165) is 11.3 Å². The molecule has 20 heavy (non-hydrogen) atoms. The molecule has 0 bridgehead atoms. The van der Waals surface area contributed by atoms with Crippen LogP contribution in [0.4, 0.5) is 0 Å². The summed E-state index contributed by atoms with van der Waals surface area (Å²) >= 11 is 6.13. The van der Waals surface area contributed by atoms with Crippen molar-refractivity contribution in [1.29, 1.82) is 5.26 Å². The van der Waals surface area contributed by atoms with Gasteiger partial charge in [-0.25, -0.2) is 4.68 Å². The SMILES string of the molecule is Cc1c(Cl)cccc1-n1nnc(C#N)c1-c1ccco1. The summed E-state index contributed by atoms with van der Waals surface area (Å²) in [4.78, 5) is 0. The maximum absolute atomic E-state index is 9.17. The number of hydrogen-bond donors (Lipinski definition) is 0. The van der Waals surface area contributed by atoms with Crippen molar-refractivity contribution in [2.75, 3.05) is 0 Å². The van der Waals surface area contributed by atoms with E-state index < -0.39 is 0 Å². The third-order valence-corrected chi connectivity index (χ3v) is 3.41. The Morgan fingerprint density at radius 1 is 1.30 bits per heavy atom. The standard InChI is InChI=1S/C14H9ClN4O/c1-9-10(15)4-2-5-12(9)19-14(11(8-16)17-18-19)13-6-3-7-20-13/h2-7H,1H3. The molecular formula is C14H9ClN4O. The van der Waals surface area contributed by atoms with E-state index in [-0.39, 0.29) is 5.69 Å². The van der Waals surface area contributed by atoms with Crippen LogP contribution >= 0.6 is 11.6 Å². The number of benzene rings is 1. The molecule has 0 saturated heterocycles. The molecule has 2 heterocycles. The maximum atomic E-state index is 9.17. The van der Waals surface area contributed by atoms with Crippen molar-refractivity contribution in [2.24, 2.45) is 0 Å². The first-order valence-corrected chi connectivity index (χ1v) is 6.25. The molecule has 0 unspecified atom stereocenters. The minimum absolute atomic E-state index is 0.208. The van der Waals surface area contributed by atoms with Gasteiger partial charge >= 0.3 is 0 Å². The van der Waals surface area contributed by atoms with Crippen LogP contribution in [0.2, 0.25) is 5.02 Å². The Labute approximate surface area is 120 Å². The summed E-state index contributed by atoms with van der Waals surface area (Å²) in [6.45, 7) is 1.89. The molecule has 3 rings (SSSR count). The molecule has 6 heteroatoms. The number of halogens is 1. The first-order valence-electron chi connectivity index (χ1n) is 5.87. The lowest BCUT2D eigenvalue weighted by Crippen LogP contribution is -2.02. The minimum Gasteiger partial charge on any atom is -0.463 e. The first kappa shape index (κ1) is 12.5. The molecule has 0 fully saturated rings. The van der Waals surface area contributed by atoms with Crippen molar-refractivity contribution < 1.29 is 4.42 Å². The van der Waals surface area contributed by atoms with Crippen LogP contribution in [0.3, 0.4) is 0 Å². The molecule has 3 aromatic rings. The van der Waals surface area contributed by atoms with E-state index >= 15 is 0 Å². The van der Waals surface area contributed by atoms with E-state index in [4.69, 9.17) is 21.3 Å². The highest BCUT2D eigenvalue weighted by molar-refractivity contribution is 6.31. The van der Waals surface area contributed by atoms with E-state index in [1.54, 1.807) is 29.1 Å². The molecule has 2 aromatic heterocycles. The normalized spacial score (nSPS) is 10.4. The second-order valence-corrected chi connectivity index (χ2v) is 4.58. The molecule has 98 valence electrons. The zero-order valence-electron chi connectivity index (χ0n) is 10.5. The Hall–Kier alpha value is -2.58. The molecule has 0 atom stereocenters. The zero-order chi connectivity index (χ0) is 14.1. The Bertz CT molecular complexity index is 799. The Morgan fingerprint density at radius 2 is 2.15 bits per heavy atom. The average Bonchev–Trinajstić information content (AvgIpc) is 3.09. The lowest BCUT2D eigenvalue weighted by atomic mass is 10.2. The number of rotatable bonds is 2. The Morgan fingerprint density at radius 3 is 2.85 bits per heavy atom. The van der Waals surface area contributed by atoms with Crippen molar-refractivity contribution in [3.05, 3.63) is 52.9 Å². The summed E-state index contributed by atoms with van der Waals surface area (Å²) in [5.41, 5.74) is 2.34. The number of nitrogens with zero attached hydrogens (tertiary/aromatic N) is 4. The van der Waals surface area contributed by atoms with Gasteiger partial charge in [0, 0.05) is 5.02 Å². The molecule has 0 aliphatic rings. The van der Waals surface area contributed by atoms with Crippen LogP contribution in [0.5, 0.6) is 0 Å². The second kappa shape index (κ2) is 4.83. The molecule has 0 aliphatic carbocycles. The quantitative estimate of drug-likeness (QED) is 0.723. The topological polar surface area (TPSA) is 67.6 Å².